The normalized spacial score (nSPS) is 21.4. The molecule has 0 amide bonds. The second-order valence-electron chi connectivity index (χ2n) is 5.36. The number of fused-ring (bicyclic) bond motifs is 2. The van der Waals surface area contributed by atoms with Gasteiger partial charge in [-0.15, -0.1) is 23.1 Å². The molecule has 21 heavy (non-hydrogen) atoms. The average Bonchev–Trinajstić information content (AvgIpc) is 3.03. The molecule has 0 saturated heterocycles. The Bertz CT molecular complexity index is 848. The molecule has 0 spiro atoms. The van der Waals surface area contributed by atoms with Crippen LogP contribution < -0.4 is 11.0 Å². The summed E-state index contributed by atoms with van der Waals surface area (Å²) in [4.78, 5) is 16.9. The molecule has 1 aliphatic heterocycles. The van der Waals surface area contributed by atoms with Crippen LogP contribution in [-0.2, 0) is 0 Å². The zero-order valence-electron chi connectivity index (χ0n) is 11.5. The Morgan fingerprint density at radius 3 is 3.00 bits per heavy atom. The highest BCUT2D eigenvalue weighted by Gasteiger charge is 2.26. The summed E-state index contributed by atoms with van der Waals surface area (Å²) in [7, 11) is 0. The first-order valence-corrected chi connectivity index (χ1v) is 8.67. The van der Waals surface area contributed by atoms with Gasteiger partial charge in [0.15, 0.2) is 0 Å². The van der Waals surface area contributed by atoms with Crippen LogP contribution >= 0.6 is 23.1 Å². The molecule has 0 aliphatic carbocycles. The molecule has 1 aliphatic rings. The molecule has 3 N–H and O–H groups in total. The van der Waals surface area contributed by atoms with Crippen molar-refractivity contribution in [3.05, 3.63) is 45.7 Å². The molecule has 3 aromatic rings. The summed E-state index contributed by atoms with van der Waals surface area (Å²) < 4.78 is 1.42. The number of hydrogen-bond donors (Lipinski definition) is 3. The molecular formula is C15H15N3OS2. The van der Waals surface area contributed by atoms with E-state index in [1.54, 1.807) is 0 Å². The number of thioether (sulfide) groups is 1. The highest BCUT2D eigenvalue weighted by Crippen LogP contribution is 2.44. The summed E-state index contributed by atoms with van der Waals surface area (Å²) in [6.45, 7) is 2.27. The van der Waals surface area contributed by atoms with E-state index in [0.717, 1.165) is 23.1 Å². The molecule has 3 heterocycles. The van der Waals surface area contributed by atoms with Crippen LogP contribution in [0.4, 0.5) is 5.69 Å². The van der Waals surface area contributed by atoms with E-state index in [1.165, 1.54) is 9.77 Å². The van der Waals surface area contributed by atoms with E-state index in [4.69, 9.17) is 0 Å². The van der Waals surface area contributed by atoms with Gasteiger partial charge in [0.2, 0.25) is 0 Å². The Morgan fingerprint density at radius 1 is 1.24 bits per heavy atom. The largest absolute Gasteiger partial charge is 0.378 e. The van der Waals surface area contributed by atoms with E-state index in [2.05, 4.69) is 33.7 Å². The second kappa shape index (κ2) is 4.96. The van der Waals surface area contributed by atoms with E-state index in [1.807, 2.05) is 41.3 Å². The Labute approximate surface area is 130 Å². The molecule has 0 fully saturated rings. The maximum Gasteiger partial charge on any atom is 0.323 e. The van der Waals surface area contributed by atoms with Gasteiger partial charge in [-0.3, -0.25) is 0 Å². The topological polar surface area (TPSA) is 60.7 Å². The van der Waals surface area contributed by atoms with Crippen LogP contribution in [0.1, 0.15) is 24.9 Å². The van der Waals surface area contributed by atoms with Gasteiger partial charge in [0.1, 0.15) is 0 Å². The van der Waals surface area contributed by atoms with Crippen molar-refractivity contribution in [2.45, 2.75) is 28.8 Å². The lowest BCUT2D eigenvalue weighted by atomic mass is 10.0. The fourth-order valence-corrected chi connectivity index (χ4v) is 5.38. The van der Waals surface area contributed by atoms with Crippen LogP contribution in [0.5, 0.6) is 0 Å². The fraction of sp³-hybridized carbons (Fsp3) is 0.267. The first-order chi connectivity index (χ1) is 10.2. The van der Waals surface area contributed by atoms with Crippen molar-refractivity contribution in [1.29, 1.82) is 0 Å². The smallest absolute Gasteiger partial charge is 0.323 e. The Balaban J connectivity index is 1.67. The summed E-state index contributed by atoms with van der Waals surface area (Å²) in [6.07, 6.45) is 1.11. The highest BCUT2D eigenvalue weighted by molar-refractivity contribution is 8.01. The van der Waals surface area contributed by atoms with E-state index < -0.39 is 0 Å². The number of aromatic nitrogens is 2. The Hall–Kier alpha value is -1.66. The number of aromatic amines is 2. The van der Waals surface area contributed by atoms with Gasteiger partial charge in [-0.1, -0.05) is 6.92 Å². The van der Waals surface area contributed by atoms with Crippen LogP contribution in [0.25, 0.3) is 11.0 Å². The lowest BCUT2D eigenvalue weighted by Gasteiger charge is -2.28. The van der Waals surface area contributed by atoms with Crippen molar-refractivity contribution in [3.63, 3.8) is 0 Å². The van der Waals surface area contributed by atoms with E-state index in [9.17, 15) is 4.79 Å². The van der Waals surface area contributed by atoms with Crippen molar-refractivity contribution < 1.29 is 0 Å². The van der Waals surface area contributed by atoms with Crippen molar-refractivity contribution in [2.24, 2.45) is 0 Å². The zero-order valence-corrected chi connectivity index (χ0v) is 13.1. The minimum Gasteiger partial charge on any atom is -0.378 e. The number of thiophene rings is 1. The van der Waals surface area contributed by atoms with Crippen LogP contribution in [0.15, 0.2) is 38.6 Å². The van der Waals surface area contributed by atoms with Gasteiger partial charge in [-0.05, 0) is 41.6 Å². The lowest BCUT2D eigenvalue weighted by Crippen LogP contribution is -2.18. The summed E-state index contributed by atoms with van der Waals surface area (Å²) in [5.74, 6) is 0. The number of nitrogens with one attached hydrogen (secondary N) is 3. The number of anilines is 1. The molecule has 0 saturated carbocycles. The van der Waals surface area contributed by atoms with Crippen LogP contribution in [0, 0.1) is 0 Å². The van der Waals surface area contributed by atoms with E-state index in [-0.39, 0.29) is 5.69 Å². The van der Waals surface area contributed by atoms with E-state index >= 15 is 0 Å². The number of imidazole rings is 1. The fourth-order valence-electron chi connectivity index (χ4n) is 2.81. The predicted molar refractivity (Wildman–Crippen MR) is 89.5 cm³/mol. The predicted octanol–water partition coefficient (Wildman–Crippen LogP) is 3.96. The number of hydrogen-bond acceptors (Lipinski definition) is 4. The third-order valence-corrected chi connectivity index (χ3v) is 6.11. The summed E-state index contributed by atoms with van der Waals surface area (Å²) in [5, 5.41) is 6.39. The van der Waals surface area contributed by atoms with Crippen molar-refractivity contribution >= 4 is 39.8 Å². The Kier molecular flexibility index (Phi) is 3.08. The minimum atomic E-state index is -0.162. The molecule has 1 aromatic carbocycles. The quantitative estimate of drug-likeness (QED) is 0.670. The molecule has 2 atom stereocenters. The van der Waals surface area contributed by atoms with Crippen LogP contribution in [0.3, 0.4) is 0 Å². The average molecular weight is 317 g/mol. The van der Waals surface area contributed by atoms with Crippen molar-refractivity contribution in [2.75, 3.05) is 5.32 Å². The minimum absolute atomic E-state index is 0.162. The maximum atomic E-state index is 11.3. The van der Waals surface area contributed by atoms with Gasteiger partial charge in [-0.25, -0.2) is 4.79 Å². The SMILES string of the molecule is C[C@H]1CC(Nc2ccc3[nH]c(=O)[nH]c3c2)c2ccsc2S1. The monoisotopic (exact) mass is 317 g/mol. The third-order valence-electron chi connectivity index (χ3n) is 3.77. The first kappa shape index (κ1) is 13.0. The Morgan fingerprint density at radius 2 is 2.10 bits per heavy atom. The van der Waals surface area contributed by atoms with Gasteiger partial charge < -0.3 is 15.3 Å². The summed E-state index contributed by atoms with van der Waals surface area (Å²) >= 11 is 3.78. The number of H-pyrrole nitrogens is 2. The van der Waals surface area contributed by atoms with Gasteiger partial charge in [-0.2, -0.15) is 0 Å². The molecular weight excluding hydrogens is 302 g/mol. The first-order valence-electron chi connectivity index (χ1n) is 6.92. The van der Waals surface area contributed by atoms with Gasteiger partial charge >= 0.3 is 5.69 Å². The van der Waals surface area contributed by atoms with Crippen molar-refractivity contribution in [1.82, 2.24) is 9.97 Å². The standard InChI is InChI=1S/C15H15N3OS2/c1-8-6-12(10-4-5-20-14(10)21-8)16-9-2-3-11-13(7-9)18-15(19)17-11/h2-5,7-8,12,16H,6H2,1H3,(H2,17,18,19)/t8-,12?/m0/s1. The van der Waals surface area contributed by atoms with Crippen LogP contribution in [-0.4, -0.2) is 15.2 Å². The van der Waals surface area contributed by atoms with Crippen molar-refractivity contribution in [3.8, 4) is 0 Å². The lowest BCUT2D eigenvalue weighted by molar-refractivity contribution is 0.670. The van der Waals surface area contributed by atoms with Gasteiger partial charge in [0, 0.05) is 10.9 Å². The third kappa shape index (κ3) is 2.38. The van der Waals surface area contributed by atoms with Gasteiger partial charge in [0.25, 0.3) is 0 Å². The number of benzene rings is 1. The molecule has 6 heteroatoms. The second-order valence-corrected chi connectivity index (χ2v) is 7.99. The number of rotatable bonds is 2. The molecule has 0 radical (unpaired) electrons. The molecule has 4 rings (SSSR count). The summed E-state index contributed by atoms with van der Waals surface area (Å²) in [6, 6.07) is 8.50. The maximum absolute atomic E-state index is 11.3. The molecule has 2 aromatic heterocycles. The molecule has 4 nitrogen and oxygen atoms in total. The molecule has 1 unspecified atom stereocenters. The van der Waals surface area contributed by atoms with Gasteiger partial charge in [0.05, 0.1) is 21.3 Å². The molecule has 0 bridgehead atoms. The summed E-state index contributed by atoms with van der Waals surface area (Å²) in [5.41, 5.74) is 3.96. The molecule has 108 valence electrons. The van der Waals surface area contributed by atoms with E-state index in [0.29, 0.717) is 11.3 Å². The van der Waals surface area contributed by atoms with Crippen LogP contribution in [0.2, 0.25) is 0 Å². The zero-order chi connectivity index (χ0) is 14.4. The highest BCUT2D eigenvalue weighted by atomic mass is 32.2.